The molecule has 2 nitrogen and oxygen atoms in total. The number of halogens is 1. The Kier molecular flexibility index (Phi) is 2.50. The zero-order chi connectivity index (χ0) is 11.7. The van der Waals surface area contributed by atoms with Crippen molar-refractivity contribution in [3.05, 3.63) is 60.0 Å². The molecule has 0 aliphatic rings. The second-order valence-electron chi connectivity index (χ2n) is 3.76. The zero-order valence-corrected chi connectivity index (χ0v) is 9.72. The lowest BCUT2D eigenvalue weighted by Gasteiger charge is -2.05. The molecule has 82 valence electrons. The standard InChI is InChI=1S/C14H9ClN2/c15-11-4-7-17-14(8-11)13-3-1-2-10-9-16-6-5-12(10)13/h1-9H. The largest absolute Gasteiger partial charge is 0.264 e. The molecule has 3 rings (SSSR count). The van der Waals surface area contributed by atoms with Crippen molar-refractivity contribution in [1.82, 2.24) is 9.97 Å². The maximum atomic E-state index is 5.99. The number of hydrogen-bond acceptors (Lipinski definition) is 2. The van der Waals surface area contributed by atoms with Crippen LogP contribution in [0.2, 0.25) is 5.02 Å². The average Bonchev–Trinajstić information content (AvgIpc) is 2.38. The van der Waals surface area contributed by atoms with E-state index < -0.39 is 0 Å². The first-order valence-corrected chi connectivity index (χ1v) is 5.67. The number of hydrogen-bond donors (Lipinski definition) is 0. The number of fused-ring (bicyclic) bond motifs is 1. The Morgan fingerprint density at radius 1 is 1.00 bits per heavy atom. The molecule has 0 saturated heterocycles. The fourth-order valence-electron chi connectivity index (χ4n) is 1.90. The highest BCUT2D eigenvalue weighted by Crippen LogP contribution is 2.27. The third-order valence-corrected chi connectivity index (χ3v) is 2.91. The van der Waals surface area contributed by atoms with Crippen molar-refractivity contribution < 1.29 is 0 Å². The lowest BCUT2D eigenvalue weighted by molar-refractivity contribution is 1.33. The van der Waals surface area contributed by atoms with E-state index in [0.717, 1.165) is 22.0 Å². The summed E-state index contributed by atoms with van der Waals surface area (Å²) in [6.45, 7) is 0. The molecule has 0 aliphatic heterocycles. The van der Waals surface area contributed by atoms with E-state index in [1.54, 1.807) is 18.5 Å². The third kappa shape index (κ3) is 1.87. The molecular formula is C14H9ClN2. The van der Waals surface area contributed by atoms with E-state index >= 15 is 0 Å². The molecule has 0 saturated carbocycles. The van der Waals surface area contributed by atoms with Gasteiger partial charge in [-0.2, -0.15) is 0 Å². The van der Waals surface area contributed by atoms with Crippen molar-refractivity contribution in [3.63, 3.8) is 0 Å². The minimum absolute atomic E-state index is 0.695. The highest BCUT2D eigenvalue weighted by Gasteiger charge is 2.04. The van der Waals surface area contributed by atoms with Crippen LogP contribution in [0.1, 0.15) is 0 Å². The van der Waals surface area contributed by atoms with Crippen LogP contribution in [-0.4, -0.2) is 9.97 Å². The van der Waals surface area contributed by atoms with Gasteiger partial charge in [-0.3, -0.25) is 9.97 Å². The number of rotatable bonds is 1. The second kappa shape index (κ2) is 4.15. The van der Waals surface area contributed by atoms with Crippen LogP contribution < -0.4 is 0 Å². The molecule has 3 aromatic rings. The first-order chi connectivity index (χ1) is 8.34. The molecule has 0 spiro atoms. The van der Waals surface area contributed by atoms with Gasteiger partial charge in [0.25, 0.3) is 0 Å². The fourth-order valence-corrected chi connectivity index (χ4v) is 2.06. The molecule has 0 radical (unpaired) electrons. The number of benzene rings is 1. The van der Waals surface area contributed by atoms with Gasteiger partial charge in [-0.05, 0) is 23.6 Å². The summed E-state index contributed by atoms with van der Waals surface area (Å²) in [6, 6.07) is 11.7. The molecule has 0 bridgehead atoms. The number of aromatic nitrogens is 2. The third-order valence-electron chi connectivity index (χ3n) is 2.68. The summed E-state index contributed by atoms with van der Waals surface area (Å²) in [5.41, 5.74) is 1.96. The Balaban J connectivity index is 2.30. The number of nitrogens with zero attached hydrogens (tertiary/aromatic N) is 2. The van der Waals surface area contributed by atoms with E-state index in [2.05, 4.69) is 9.97 Å². The predicted octanol–water partition coefficient (Wildman–Crippen LogP) is 3.95. The molecule has 2 aromatic heterocycles. The normalized spacial score (nSPS) is 10.6. The van der Waals surface area contributed by atoms with Crippen molar-refractivity contribution in [3.8, 4) is 11.3 Å². The van der Waals surface area contributed by atoms with Crippen LogP contribution in [0.5, 0.6) is 0 Å². The molecule has 0 amide bonds. The van der Waals surface area contributed by atoms with Crippen molar-refractivity contribution in [1.29, 1.82) is 0 Å². The number of pyridine rings is 2. The van der Waals surface area contributed by atoms with Crippen molar-refractivity contribution in [2.75, 3.05) is 0 Å². The van der Waals surface area contributed by atoms with Crippen LogP contribution in [0, 0.1) is 0 Å². The summed E-state index contributed by atoms with van der Waals surface area (Å²) >= 11 is 5.99. The lowest BCUT2D eigenvalue weighted by Crippen LogP contribution is -1.85. The average molecular weight is 241 g/mol. The van der Waals surface area contributed by atoms with Crippen LogP contribution in [0.4, 0.5) is 0 Å². The van der Waals surface area contributed by atoms with Gasteiger partial charge in [-0.1, -0.05) is 29.8 Å². The molecule has 3 heteroatoms. The first kappa shape index (κ1) is 10.2. The lowest BCUT2D eigenvalue weighted by atomic mass is 10.0. The van der Waals surface area contributed by atoms with Gasteiger partial charge in [0, 0.05) is 34.6 Å². The van der Waals surface area contributed by atoms with Gasteiger partial charge in [-0.15, -0.1) is 0 Å². The van der Waals surface area contributed by atoms with E-state index in [0.29, 0.717) is 5.02 Å². The van der Waals surface area contributed by atoms with E-state index in [1.807, 2.05) is 36.5 Å². The van der Waals surface area contributed by atoms with Crippen LogP contribution >= 0.6 is 11.6 Å². The maximum Gasteiger partial charge on any atom is 0.0723 e. The molecule has 0 N–H and O–H groups in total. The summed E-state index contributed by atoms with van der Waals surface area (Å²) in [6.07, 6.45) is 5.36. The maximum absolute atomic E-state index is 5.99. The van der Waals surface area contributed by atoms with E-state index in [9.17, 15) is 0 Å². The minimum Gasteiger partial charge on any atom is -0.264 e. The zero-order valence-electron chi connectivity index (χ0n) is 8.97. The topological polar surface area (TPSA) is 25.8 Å². The molecule has 17 heavy (non-hydrogen) atoms. The van der Waals surface area contributed by atoms with Crippen LogP contribution in [0.3, 0.4) is 0 Å². The van der Waals surface area contributed by atoms with Crippen LogP contribution in [0.15, 0.2) is 55.0 Å². The summed E-state index contributed by atoms with van der Waals surface area (Å²) in [5.74, 6) is 0. The van der Waals surface area contributed by atoms with Gasteiger partial charge >= 0.3 is 0 Å². The summed E-state index contributed by atoms with van der Waals surface area (Å²) < 4.78 is 0. The Hall–Kier alpha value is -1.93. The molecule has 1 aromatic carbocycles. The summed E-state index contributed by atoms with van der Waals surface area (Å²) in [4.78, 5) is 8.47. The van der Waals surface area contributed by atoms with Crippen molar-refractivity contribution in [2.24, 2.45) is 0 Å². The fraction of sp³-hybridized carbons (Fsp3) is 0. The predicted molar refractivity (Wildman–Crippen MR) is 70.0 cm³/mol. The highest BCUT2D eigenvalue weighted by atomic mass is 35.5. The molecule has 0 unspecified atom stereocenters. The monoisotopic (exact) mass is 240 g/mol. The SMILES string of the molecule is Clc1ccnc(-c2cccc3cnccc23)c1. The van der Waals surface area contributed by atoms with Gasteiger partial charge in [0.15, 0.2) is 0 Å². The molecule has 0 aliphatic carbocycles. The van der Waals surface area contributed by atoms with E-state index in [4.69, 9.17) is 11.6 Å². The van der Waals surface area contributed by atoms with Crippen molar-refractivity contribution >= 4 is 22.4 Å². The second-order valence-corrected chi connectivity index (χ2v) is 4.20. The van der Waals surface area contributed by atoms with E-state index in [-0.39, 0.29) is 0 Å². The van der Waals surface area contributed by atoms with Gasteiger partial charge in [0.2, 0.25) is 0 Å². The van der Waals surface area contributed by atoms with Crippen LogP contribution in [-0.2, 0) is 0 Å². The Labute approximate surface area is 104 Å². The quantitative estimate of drug-likeness (QED) is 0.644. The Bertz CT molecular complexity index is 674. The summed E-state index contributed by atoms with van der Waals surface area (Å²) in [7, 11) is 0. The molecule has 2 heterocycles. The molecule has 0 fully saturated rings. The van der Waals surface area contributed by atoms with Gasteiger partial charge in [-0.25, -0.2) is 0 Å². The van der Waals surface area contributed by atoms with E-state index in [1.165, 1.54) is 0 Å². The van der Waals surface area contributed by atoms with Gasteiger partial charge in [0.1, 0.15) is 0 Å². The Morgan fingerprint density at radius 2 is 1.94 bits per heavy atom. The smallest absolute Gasteiger partial charge is 0.0723 e. The minimum atomic E-state index is 0.695. The Morgan fingerprint density at radius 3 is 2.82 bits per heavy atom. The molecule has 0 atom stereocenters. The first-order valence-electron chi connectivity index (χ1n) is 5.29. The van der Waals surface area contributed by atoms with Crippen molar-refractivity contribution in [2.45, 2.75) is 0 Å². The molecular weight excluding hydrogens is 232 g/mol. The van der Waals surface area contributed by atoms with Gasteiger partial charge < -0.3 is 0 Å². The summed E-state index contributed by atoms with van der Waals surface area (Å²) in [5, 5.41) is 2.94. The van der Waals surface area contributed by atoms with Crippen LogP contribution in [0.25, 0.3) is 22.0 Å². The van der Waals surface area contributed by atoms with Gasteiger partial charge in [0.05, 0.1) is 5.69 Å². The highest BCUT2D eigenvalue weighted by molar-refractivity contribution is 6.30.